The third kappa shape index (κ3) is 2.73. The van der Waals surface area contributed by atoms with Crippen LogP contribution >= 0.6 is 0 Å². The van der Waals surface area contributed by atoms with E-state index in [1.54, 1.807) is 12.1 Å². The second kappa shape index (κ2) is 5.10. The lowest BCUT2D eigenvalue weighted by Crippen LogP contribution is -2.38. The van der Waals surface area contributed by atoms with Crippen LogP contribution in [0.4, 0.5) is 8.78 Å². The van der Waals surface area contributed by atoms with Crippen LogP contribution in [0.25, 0.3) is 0 Å². The minimum atomic E-state index is -0.724. The van der Waals surface area contributed by atoms with E-state index in [-0.39, 0.29) is 5.41 Å². The van der Waals surface area contributed by atoms with E-state index in [1.807, 2.05) is 0 Å². The third-order valence-corrected chi connectivity index (χ3v) is 4.94. The average molecular weight is 279 g/mol. The highest BCUT2D eigenvalue weighted by Crippen LogP contribution is 2.60. The second-order valence-electron chi connectivity index (χ2n) is 7.09. The summed E-state index contributed by atoms with van der Waals surface area (Å²) in [6.45, 7) is 5.17. The third-order valence-electron chi connectivity index (χ3n) is 4.94. The molecular weight excluding hydrogens is 256 g/mol. The maximum absolute atomic E-state index is 13.9. The van der Waals surface area contributed by atoms with Crippen LogP contribution < -0.4 is 5.32 Å². The van der Waals surface area contributed by atoms with Crippen LogP contribution in [0.1, 0.15) is 38.7 Å². The Labute approximate surface area is 119 Å². The summed E-state index contributed by atoms with van der Waals surface area (Å²) in [6, 6.07) is 4.98. The Kier molecular flexibility index (Phi) is 3.57. The maximum atomic E-state index is 13.9. The van der Waals surface area contributed by atoms with Gasteiger partial charge in [0, 0.05) is 12.6 Å². The van der Waals surface area contributed by atoms with Crippen molar-refractivity contribution in [3.05, 3.63) is 35.4 Å². The van der Waals surface area contributed by atoms with Crippen molar-refractivity contribution in [1.82, 2.24) is 5.32 Å². The summed E-state index contributed by atoms with van der Waals surface area (Å²) < 4.78 is 27.3. The summed E-state index contributed by atoms with van der Waals surface area (Å²) >= 11 is 0. The van der Waals surface area contributed by atoms with Crippen molar-refractivity contribution in [3.8, 4) is 0 Å². The molecule has 2 aliphatic rings. The first kappa shape index (κ1) is 14.0. The van der Waals surface area contributed by atoms with E-state index in [9.17, 15) is 8.78 Å². The predicted octanol–water partition coefficient (Wildman–Crippen LogP) is 3.92. The lowest BCUT2D eigenvalue weighted by atomic mass is 9.77. The summed E-state index contributed by atoms with van der Waals surface area (Å²) in [5.74, 6) is 0.288. The molecule has 110 valence electrons. The Morgan fingerprint density at radius 2 is 1.95 bits per heavy atom. The van der Waals surface area contributed by atoms with Crippen molar-refractivity contribution in [2.75, 3.05) is 6.54 Å². The molecule has 2 fully saturated rings. The standard InChI is InChI=1S/C17H23F2N/c1-11(2)20-10-17(8-13-6-14(13)9-17)7-12-4-3-5-15(18)16(12)19/h3-5,11,13-14,20H,6-10H2,1-2H3. The van der Waals surface area contributed by atoms with E-state index >= 15 is 0 Å². The molecule has 0 bridgehead atoms. The number of hydrogen-bond acceptors (Lipinski definition) is 1. The number of rotatable bonds is 5. The molecule has 2 unspecified atom stereocenters. The second-order valence-corrected chi connectivity index (χ2v) is 7.09. The smallest absolute Gasteiger partial charge is 0.162 e. The first-order valence-electron chi connectivity index (χ1n) is 7.65. The highest BCUT2D eigenvalue weighted by Gasteiger charge is 2.53. The Morgan fingerprint density at radius 1 is 1.25 bits per heavy atom. The highest BCUT2D eigenvalue weighted by molar-refractivity contribution is 5.22. The lowest BCUT2D eigenvalue weighted by Gasteiger charge is -2.32. The maximum Gasteiger partial charge on any atom is 0.162 e. The zero-order valence-electron chi connectivity index (χ0n) is 12.3. The fourth-order valence-electron chi connectivity index (χ4n) is 3.87. The molecule has 2 atom stereocenters. The van der Waals surface area contributed by atoms with E-state index < -0.39 is 11.6 Å². The molecule has 0 saturated heterocycles. The quantitative estimate of drug-likeness (QED) is 0.861. The van der Waals surface area contributed by atoms with Crippen LogP contribution in [0, 0.1) is 28.9 Å². The van der Waals surface area contributed by atoms with Gasteiger partial charge in [-0.25, -0.2) is 8.78 Å². The number of benzene rings is 1. The first-order valence-corrected chi connectivity index (χ1v) is 7.65. The Hall–Kier alpha value is -0.960. The van der Waals surface area contributed by atoms with Crippen LogP contribution in [-0.4, -0.2) is 12.6 Å². The number of halogens is 2. The molecule has 1 aromatic rings. The first-order chi connectivity index (χ1) is 9.49. The Bertz CT molecular complexity index is 488. The van der Waals surface area contributed by atoms with Crippen molar-refractivity contribution in [3.63, 3.8) is 0 Å². The largest absolute Gasteiger partial charge is 0.314 e. The molecule has 2 aliphatic carbocycles. The molecule has 1 nitrogen and oxygen atoms in total. The molecule has 1 aromatic carbocycles. The molecule has 2 saturated carbocycles. The fourth-order valence-corrected chi connectivity index (χ4v) is 3.87. The molecule has 1 N–H and O–H groups in total. The van der Waals surface area contributed by atoms with Gasteiger partial charge in [-0.2, -0.15) is 0 Å². The molecule has 0 heterocycles. The molecule has 0 radical (unpaired) electrons. The van der Waals surface area contributed by atoms with Gasteiger partial charge < -0.3 is 5.32 Å². The van der Waals surface area contributed by atoms with Crippen LogP contribution in [0.15, 0.2) is 18.2 Å². The van der Waals surface area contributed by atoms with Gasteiger partial charge >= 0.3 is 0 Å². The van der Waals surface area contributed by atoms with E-state index in [1.165, 1.54) is 12.5 Å². The van der Waals surface area contributed by atoms with Crippen molar-refractivity contribution in [2.45, 2.75) is 45.6 Å². The molecule has 20 heavy (non-hydrogen) atoms. The molecule has 3 heteroatoms. The van der Waals surface area contributed by atoms with Gasteiger partial charge in [-0.05, 0) is 54.6 Å². The molecular formula is C17H23F2N. The van der Waals surface area contributed by atoms with Gasteiger partial charge in [-0.3, -0.25) is 0 Å². The molecule has 0 aliphatic heterocycles. The zero-order chi connectivity index (χ0) is 14.3. The zero-order valence-corrected chi connectivity index (χ0v) is 12.3. The molecule has 3 rings (SSSR count). The number of nitrogens with one attached hydrogen (secondary N) is 1. The number of hydrogen-bond donors (Lipinski definition) is 1. The summed E-state index contributed by atoms with van der Waals surface area (Å²) in [5.41, 5.74) is 0.656. The van der Waals surface area contributed by atoms with Crippen LogP contribution in [-0.2, 0) is 6.42 Å². The summed E-state index contributed by atoms with van der Waals surface area (Å²) in [5, 5.41) is 3.51. The Balaban J connectivity index is 1.78. The van der Waals surface area contributed by atoms with Crippen LogP contribution in [0.2, 0.25) is 0 Å². The fraction of sp³-hybridized carbons (Fsp3) is 0.647. The van der Waals surface area contributed by atoms with Crippen molar-refractivity contribution < 1.29 is 8.78 Å². The van der Waals surface area contributed by atoms with E-state index in [4.69, 9.17) is 0 Å². The predicted molar refractivity (Wildman–Crippen MR) is 76.5 cm³/mol. The van der Waals surface area contributed by atoms with Gasteiger partial charge in [0.25, 0.3) is 0 Å². The van der Waals surface area contributed by atoms with Crippen molar-refractivity contribution in [1.29, 1.82) is 0 Å². The van der Waals surface area contributed by atoms with Crippen molar-refractivity contribution in [2.24, 2.45) is 17.3 Å². The summed E-state index contributed by atoms with van der Waals surface area (Å²) in [6.07, 6.45) is 4.32. The van der Waals surface area contributed by atoms with Gasteiger partial charge in [0.2, 0.25) is 0 Å². The van der Waals surface area contributed by atoms with Crippen molar-refractivity contribution >= 4 is 0 Å². The lowest BCUT2D eigenvalue weighted by molar-refractivity contribution is 0.238. The van der Waals surface area contributed by atoms with E-state index in [0.29, 0.717) is 18.0 Å². The SMILES string of the molecule is CC(C)NCC1(Cc2cccc(F)c2F)CC2CC2C1. The summed E-state index contributed by atoms with van der Waals surface area (Å²) in [4.78, 5) is 0. The summed E-state index contributed by atoms with van der Waals surface area (Å²) in [7, 11) is 0. The topological polar surface area (TPSA) is 12.0 Å². The molecule has 0 amide bonds. The molecule has 0 aromatic heterocycles. The van der Waals surface area contributed by atoms with E-state index in [2.05, 4.69) is 19.2 Å². The normalized spacial score (nSPS) is 31.6. The average Bonchev–Trinajstić information content (AvgIpc) is 3.01. The van der Waals surface area contributed by atoms with E-state index in [0.717, 1.165) is 31.2 Å². The van der Waals surface area contributed by atoms with Gasteiger partial charge in [-0.1, -0.05) is 26.0 Å². The molecule has 0 spiro atoms. The van der Waals surface area contributed by atoms with Crippen LogP contribution in [0.3, 0.4) is 0 Å². The van der Waals surface area contributed by atoms with Gasteiger partial charge in [0.05, 0.1) is 0 Å². The highest BCUT2D eigenvalue weighted by atomic mass is 19.2. The number of fused-ring (bicyclic) bond motifs is 1. The van der Waals surface area contributed by atoms with Gasteiger partial charge in [0.15, 0.2) is 11.6 Å². The Morgan fingerprint density at radius 3 is 2.60 bits per heavy atom. The van der Waals surface area contributed by atoms with Crippen LogP contribution in [0.5, 0.6) is 0 Å². The minimum absolute atomic E-state index is 0.118. The van der Waals surface area contributed by atoms with Gasteiger partial charge in [0.1, 0.15) is 0 Å². The van der Waals surface area contributed by atoms with Gasteiger partial charge in [-0.15, -0.1) is 0 Å². The monoisotopic (exact) mass is 279 g/mol. The minimum Gasteiger partial charge on any atom is -0.314 e.